The molecule has 23 heavy (non-hydrogen) atoms. The predicted molar refractivity (Wildman–Crippen MR) is 89.3 cm³/mol. The van der Waals surface area contributed by atoms with Crippen LogP contribution in [0.1, 0.15) is 17.0 Å². The Labute approximate surface area is 138 Å². The largest absolute Gasteiger partial charge is 0.351 e. The number of benzene rings is 1. The molecule has 0 spiro atoms. The first kappa shape index (κ1) is 15.5. The first-order valence-corrected chi connectivity index (χ1v) is 8.25. The molecule has 0 aliphatic heterocycles. The van der Waals surface area contributed by atoms with Crippen LogP contribution in [0.25, 0.3) is 5.78 Å². The zero-order valence-corrected chi connectivity index (χ0v) is 13.8. The third kappa shape index (κ3) is 3.68. The lowest BCUT2D eigenvalue weighted by Gasteiger charge is -2.06. The van der Waals surface area contributed by atoms with Crippen LogP contribution < -0.4 is 5.32 Å². The van der Waals surface area contributed by atoms with Crippen molar-refractivity contribution in [1.82, 2.24) is 24.9 Å². The SMILES string of the molecule is Cc1cc(C)n2c(SCC(=O)NCc3ccccc3)nnc2n1. The quantitative estimate of drug-likeness (QED) is 0.727. The highest BCUT2D eigenvalue weighted by molar-refractivity contribution is 7.99. The highest BCUT2D eigenvalue weighted by Crippen LogP contribution is 2.18. The Bertz CT molecular complexity index is 831. The van der Waals surface area contributed by atoms with Crippen LogP contribution in [-0.4, -0.2) is 31.2 Å². The van der Waals surface area contributed by atoms with Gasteiger partial charge in [0.2, 0.25) is 5.91 Å². The van der Waals surface area contributed by atoms with Crippen LogP contribution in [0.15, 0.2) is 41.6 Å². The van der Waals surface area contributed by atoms with Gasteiger partial charge >= 0.3 is 0 Å². The van der Waals surface area contributed by atoms with Gasteiger partial charge in [-0.05, 0) is 25.5 Å². The number of fused-ring (bicyclic) bond motifs is 1. The molecule has 0 saturated carbocycles. The molecule has 7 heteroatoms. The van der Waals surface area contributed by atoms with Gasteiger partial charge in [0.15, 0.2) is 5.16 Å². The third-order valence-electron chi connectivity index (χ3n) is 3.33. The van der Waals surface area contributed by atoms with Crippen LogP contribution in [0.3, 0.4) is 0 Å². The number of hydrogen-bond acceptors (Lipinski definition) is 5. The Kier molecular flexibility index (Phi) is 4.57. The van der Waals surface area contributed by atoms with Crippen LogP contribution in [0.4, 0.5) is 0 Å². The predicted octanol–water partition coefficient (Wildman–Crippen LogP) is 2.15. The van der Waals surface area contributed by atoms with Gasteiger partial charge in [-0.1, -0.05) is 42.1 Å². The van der Waals surface area contributed by atoms with E-state index < -0.39 is 0 Å². The maximum absolute atomic E-state index is 12.0. The molecule has 1 aromatic carbocycles. The van der Waals surface area contributed by atoms with Crippen molar-refractivity contribution >= 4 is 23.4 Å². The Morgan fingerprint density at radius 3 is 2.78 bits per heavy atom. The number of thioether (sulfide) groups is 1. The molecule has 2 aromatic heterocycles. The summed E-state index contributed by atoms with van der Waals surface area (Å²) in [7, 11) is 0. The molecular formula is C16H17N5OS. The number of rotatable bonds is 5. The summed E-state index contributed by atoms with van der Waals surface area (Å²) < 4.78 is 1.86. The van der Waals surface area contributed by atoms with E-state index in [1.54, 1.807) is 0 Å². The molecule has 3 aromatic rings. The third-order valence-corrected chi connectivity index (χ3v) is 4.26. The van der Waals surface area contributed by atoms with Crippen LogP contribution in [0.5, 0.6) is 0 Å². The van der Waals surface area contributed by atoms with E-state index in [0.29, 0.717) is 23.2 Å². The minimum Gasteiger partial charge on any atom is -0.351 e. The number of carbonyl (C=O) groups is 1. The van der Waals surface area contributed by atoms with Crippen molar-refractivity contribution in [3.63, 3.8) is 0 Å². The minimum absolute atomic E-state index is 0.0340. The summed E-state index contributed by atoms with van der Waals surface area (Å²) in [6, 6.07) is 11.8. The van der Waals surface area contributed by atoms with Crippen LogP contribution in [-0.2, 0) is 11.3 Å². The van der Waals surface area contributed by atoms with Crippen molar-refractivity contribution < 1.29 is 4.79 Å². The molecule has 1 amide bonds. The summed E-state index contributed by atoms with van der Waals surface area (Å²) in [5, 5.41) is 11.8. The lowest BCUT2D eigenvalue weighted by atomic mass is 10.2. The van der Waals surface area contributed by atoms with Crippen LogP contribution >= 0.6 is 11.8 Å². The fourth-order valence-corrected chi connectivity index (χ4v) is 3.09. The Hall–Kier alpha value is -2.41. The van der Waals surface area contributed by atoms with Gasteiger partial charge < -0.3 is 5.32 Å². The Balaban J connectivity index is 1.61. The number of nitrogens with one attached hydrogen (secondary N) is 1. The van der Waals surface area contributed by atoms with Gasteiger partial charge in [0.05, 0.1) is 5.75 Å². The molecular weight excluding hydrogens is 310 g/mol. The molecule has 1 N–H and O–H groups in total. The Morgan fingerprint density at radius 2 is 2.00 bits per heavy atom. The van der Waals surface area contributed by atoms with E-state index in [1.807, 2.05) is 54.6 Å². The Morgan fingerprint density at radius 1 is 1.22 bits per heavy atom. The molecule has 118 valence electrons. The first-order valence-electron chi connectivity index (χ1n) is 7.26. The fourth-order valence-electron chi connectivity index (χ4n) is 2.27. The number of carbonyl (C=O) groups excluding carboxylic acids is 1. The van der Waals surface area contributed by atoms with E-state index in [9.17, 15) is 4.79 Å². The standard InChI is InChI=1S/C16H17N5OS/c1-11-8-12(2)21-15(18-11)19-20-16(21)23-10-14(22)17-9-13-6-4-3-5-7-13/h3-8H,9-10H2,1-2H3,(H,17,22). The molecule has 0 aliphatic rings. The average molecular weight is 327 g/mol. The summed E-state index contributed by atoms with van der Waals surface area (Å²) in [6.07, 6.45) is 0. The highest BCUT2D eigenvalue weighted by atomic mass is 32.2. The molecule has 0 unspecified atom stereocenters. The number of hydrogen-bond donors (Lipinski definition) is 1. The molecule has 0 bridgehead atoms. The summed E-state index contributed by atoms with van der Waals surface area (Å²) in [6.45, 7) is 4.43. The monoisotopic (exact) mass is 327 g/mol. The molecule has 0 fully saturated rings. The summed E-state index contributed by atoms with van der Waals surface area (Å²) in [4.78, 5) is 16.3. The maximum atomic E-state index is 12.0. The zero-order valence-electron chi connectivity index (χ0n) is 13.0. The average Bonchev–Trinajstić information content (AvgIpc) is 2.95. The van der Waals surface area contributed by atoms with Crippen LogP contribution in [0.2, 0.25) is 0 Å². The first-order chi connectivity index (χ1) is 11.1. The van der Waals surface area contributed by atoms with E-state index in [0.717, 1.165) is 17.0 Å². The van der Waals surface area contributed by atoms with E-state index in [2.05, 4.69) is 20.5 Å². The highest BCUT2D eigenvalue weighted by Gasteiger charge is 2.12. The molecule has 0 aliphatic carbocycles. The van der Waals surface area contributed by atoms with E-state index in [4.69, 9.17) is 0 Å². The van der Waals surface area contributed by atoms with Crippen molar-refractivity contribution in [1.29, 1.82) is 0 Å². The lowest BCUT2D eigenvalue weighted by Crippen LogP contribution is -2.24. The smallest absolute Gasteiger partial charge is 0.256 e. The topological polar surface area (TPSA) is 72.2 Å². The maximum Gasteiger partial charge on any atom is 0.256 e. The summed E-state index contributed by atoms with van der Waals surface area (Å²) in [5.74, 6) is 0.823. The van der Waals surface area contributed by atoms with E-state index in [1.165, 1.54) is 11.8 Å². The number of aromatic nitrogens is 4. The fraction of sp³-hybridized carbons (Fsp3) is 0.250. The molecule has 2 heterocycles. The second-order valence-corrected chi connectivity index (χ2v) is 6.15. The van der Waals surface area contributed by atoms with Gasteiger partial charge in [0, 0.05) is 17.9 Å². The van der Waals surface area contributed by atoms with Gasteiger partial charge in [-0.3, -0.25) is 9.20 Å². The van der Waals surface area contributed by atoms with Gasteiger partial charge in [-0.15, -0.1) is 10.2 Å². The summed E-state index contributed by atoms with van der Waals surface area (Å²) >= 11 is 1.36. The zero-order chi connectivity index (χ0) is 16.2. The second kappa shape index (κ2) is 6.78. The van der Waals surface area contributed by atoms with Gasteiger partial charge in [0.25, 0.3) is 5.78 Å². The lowest BCUT2D eigenvalue weighted by molar-refractivity contribution is -0.118. The van der Waals surface area contributed by atoms with Crippen molar-refractivity contribution in [2.45, 2.75) is 25.5 Å². The number of aryl methyl sites for hydroxylation is 2. The van der Waals surface area contributed by atoms with Gasteiger partial charge in [0.1, 0.15) is 0 Å². The van der Waals surface area contributed by atoms with Gasteiger partial charge in [-0.2, -0.15) is 0 Å². The van der Waals surface area contributed by atoms with E-state index >= 15 is 0 Å². The summed E-state index contributed by atoms with van der Waals surface area (Å²) in [5.41, 5.74) is 2.98. The van der Waals surface area contributed by atoms with Crippen molar-refractivity contribution in [2.75, 3.05) is 5.75 Å². The number of amides is 1. The van der Waals surface area contributed by atoms with Crippen molar-refractivity contribution in [3.05, 3.63) is 53.3 Å². The molecule has 0 radical (unpaired) electrons. The van der Waals surface area contributed by atoms with Gasteiger partial charge in [-0.25, -0.2) is 4.98 Å². The van der Waals surface area contributed by atoms with Crippen molar-refractivity contribution in [3.8, 4) is 0 Å². The molecule has 0 saturated heterocycles. The number of nitrogens with zero attached hydrogens (tertiary/aromatic N) is 4. The molecule has 0 atom stereocenters. The van der Waals surface area contributed by atoms with Crippen molar-refractivity contribution in [2.24, 2.45) is 0 Å². The molecule has 6 nitrogen and oxygen atoms in total. The normalized spacial score (nSPS) is 10.9. The van der Waals surface area contributed by atoms with E-state index in [-0.39, 0.29) is 5.91 Å². The minimum atomic E-state index is -0.0340. The van der Waals surface area contributed by atoms with Crippen LogP contribution in [0, 0.1) is 13.8 Å². The second-order valence-electron chi connectivity index (χ2n) is 5.21. The molecule has 3 rings (SSSR count).